The summed E-state index contributed by atoms with van der Waals surface area (Å²) >= 11 is 0. The third-order valence-electron chi connectivity index (χ3n) is 4.97. The second-order valence-corrected chi connectivity index (χ2v) is 7.13. The molecule has 0 bridgehead atoms. The quantitative estimate of drug-likeness (QED) is 0.793. The maximum Gasteiger partial charge on any atom is 0.306 e. The first-order valence-electron chi connectivity index (χ1n) is 8.93. The smallest absolute Gasteiger partial charge is 0.306 e. The molecule has 0 aromatic carbocycles. The van der Waals surface area contributed by atoms with E-state index in [0.717, 1.165) is 0 Å². The van der Waals surface area contributed by atoms with Gasteiger partial charge in [0.2, 0.25) is 0 Å². The highest BCUT2D eigenvalue weighted by Gasteiger charge is 2.39. The van der Waals surface area contributed by atoms with E-state index >= 15 is 0 Å². The monoisotopic (exact) mass is 373 g/mol. The van der Waals surface area contributed by atoms with Crippen molar-refractivity contribution in [3.63, 3.8) is 0 Å². The number of carboxylic acid groups (broad SMARTS) is 1. The Morgan fingerprint density at radius 3 is 2.44 bits per heavy atom. The van der Waals surface area contributed by atoms with E-state index in [2.05, 4.69) is 5.10 Å². The highest BCUT2D eigenvalue weighted by molar-refractivity contribution is 6.53. The van der Waals surface area contributed by atoms with Gasteiger partial charge in [0, 0.05) is 27.1 Å². The van der Waals surface area contributed by atoms with Gasteiger partial charge in [-0.25, -0.2) is 5.01 Å². The van der Waals surface area contributed by atoms with E-state index in [9.17, 15) is 14.4 Å². The molecule has 0 radical (unpaired) electrons. The van der Waals surface area contributed by atoms with Crippen molar-refractivity contribution in [2.24, 2.45) is 11.0 Å². The van der Waals surface area contributed by atoms with Crippen molar-refractivity contribution in [1.29, 1.82) is 0 Å². The fourth-order valence-corrected chi connectivity index (χ4v) is 3.44. The number of nitrogens with zero attached hydrogens (tertiary/aromatic N) is 3. The Balaban J connectivity index is 1.83. The highest BCUT2D eigenvalue weighted by atomic mass is 16.4. The Kier molecular flexibility index (Phi) is 5.16. The summed E-state index contributed by atoms with van der Waals surface area (Å²) < 4.78 is 5.65. The number of rotatable bonds is 5. The SMILES string of the molecule is CC(=O)C1=NN(C2CCC(C(=O)O)CC2)C(=O)C1=Cc1ccc(N(C)C)o1. The molecule has 1 aliphatic carbocycles. The summed E-state index contributed by atoms with van der Waals surface area (Å²) in [6, 6.07) is 3.32. The van der Waals surface area contributed by atoms with Crippen molar-refractivity contribution in [2.75, 3.05) is 19.0 Å². The van der Waals surface area contributed by atoms with Crippen LogP contribution in [-0.4, -0.2) is 53.6 Å². The zero-order valence-electron chi connectivity index (χ0n) is 15.6. The third kappa shape index (κ3) is 3.79. The maximum absolute atomic E-state index is 12.9. The fourth-order valence-electron chi connectivity index (χ4n) is 3.44. The molecular weight excluding hydrogens is 350 g/mol. The van der Waals surface area contributed by atoms with E-state index in [1.165, 1.54) is 11.9 Å². The lowest BCUT2D eigenvalue weighted by Gasteiger charge is -2.30. The zero-order chi connectivity index (χ0) is 19.7. The van der Waals surface area contributed by atoms with Gasteiger partial charge in [-0.05, 0) is 37.8 Å². The van der Waals surface area contributed by atoms with Crippen LogP contribution in [0.2, 0.25) is 0 Å². The molecule has 1 saturated carbocycles. The summed E-state index contributed by atoms with van der Waals surface area (Å²) in [4.78, 5) is 37.8. The first-order chi connectivity index (χ1) is 12.8. The number of anilines is 1. The molecule has 0 unspecified atom stereocenters. The number of hydrogen-bond acceptors (Lipinski definition) is 6. The molecule has 0 spiro atoms. The number of aliphatic carboxylic acids is 1. The van der Waals surface area contributed by atoms with Crippen molar-refractivity contribution in [2.45, 2.75) is 38.6 Å². The van der Waals surface area contributed by atoms with E-state index in [1.807, 2.05) is 14.1 Å². The van der Waals surface area contributed by atoms with Gasteiger partial charge in [-0.2, -0.15) is 5.10 Å². The number of carbonyl (C=O) groups excluding carboxylic acids is 2. The van der Waals surface area contributed by atoms with Gasteiger partial charge in [-0.15, -0.1) is 0 Å². The normalized spacial score (nSPS) is 24.3. The van der Waals surface area contributed by atoms with Crippen LogP contribution in [-0.2, 0) is 14.4 Å². The van der Waals surface area contributed by atoms with Gasteiger partial charge < -0.3 is 14.4 Å². The first-order valence-corrected chi connectivity index (χ1v) is 8.93. The molecule has 1 aliphatic heterocycles. The maximum atomic E-state index is 12.9. The average molecular weight is 373 g/mol. The summed E-state index contributed by atoms with van der Waals surface area (Å²) in [6.07, 6.45) is 3.64. The van der Waals surface area contributed by atoms with Gasteiger partial charge in [0.25, 0.3) is 5.91 Å². The van der Waals surface area contributed by atoms with Crippen molar-refractivity contribution >= 4 is 35.3 Å². The van der Waals surface area contributed by atoms with Gasteiger partial charge in [0.05, 0.1) is 17.5 Å². The van der Waals surface area contributed by atoms with Crippen LogP contribution in [0.5, 0.6) is 0 Å². The summed E-state index contributed by atoms with van der Waals surface area (Å²) in [5, 5.41) is 14.7. The Morgan fingerprint density at radius 1 is 1.26 bits per heavy atom. The van der Waals surface area contributed by atoms with Gasteiger partial charge in [-0.1, -0.05) is 0 Å². The zero-order valence-corrected chi connectivity index (χ0v) is 15.6. The number of carbonyl (C=O) groups is 3. The van der Waals surface area contributed by atoms with Crippen LogP contribution < -0.4 is 4.90 Å². The van der Waals surface area contributed by atoms with Crippen molar-refractivity contribution < 1.29 is 23.9 Å². The summed E-state index contributed by atoms with van der Waals surface area (Å²) in [6.45, 7) is 1.37. The standard InChI is InChI=1S/C19H23N3O5/c1-11(23)17-15(10-14-8-9-16(27-14)21(2)3)18(24)22(20-17)13-6-4-12(5-7-13)19(25)26/h8-10,12-13H,4-7H2,1-3H3,(H,25,26). The molecule has 1 amide bonds. The second kappa shape index (κ2) is 7.38. The predicted molar refractivity (Wildman–Crippen MR) is 99.4 cm³/mol. The third-order valence-corrected chi connectivity index (χ3v) is 4.97. The van der Waals surface area contributed by atoms with E-state index in [0.29, 0.717) is 37.3 Å². The van der Waals surface area contributed by atoms with Crippen molar-refractivity contribution in [3.8, 4) is 0 Å². The lowest BCUT2D eigenvalue weighted by Crippen LogP contribution is -2.37. The van der Waals surface area contributed by atoms with Crippen LogP contribution in [0, 0.1) is 5.92 Å². The molecule has 2 heterocycles. The van der Waals surface area contributed by atoms with Crippen LogP contribution in [0.3, 0.4) is 0 Å². The van der Waals surface area contributed by atoms with Crippen molar-refractivity contribution in [1.82, 2.24) is 5.01 Å². The largest absolute Gasteiger partial charge is 0.481 e. The molecule has 0 saturated heterocycles. The molecule has 8 nitrogen and oxygen atoms in total. The Bertz CT molecular complexity index is 828. The van der Waals surface area contributed by atoms with Gasteiger partial charge >= 0.3 is 5.97 Å². The van der Waals surface area contributed by atoms with Crippen LogP contribution in [0.1, 0.15) is 38.4 Å². The Hall–Kier alpha value is -2.90. The number of ketones is 1. The molecule has 1 fully saturated rings. The number of Topliss-reactive ketones (excluding diaryl/α,β-unsaturated/α-hetero) is 1. The molecule has 3 rings (SSSR count). The molecule has 27 heavy (non-hydrogen) atoms. The molecule has 2 aliphatic rings. The molecule has 1 N–H and O–H groups in total. The topological polar surface area (TPSA) is 103 Å². The molecule has 1 aromatic rings. The molecule has 1 aromatic heterocycles. The minimum atomic E-state index is -0.802. The van der Waals surface area contributed by atoms with Gasteiger partial charge in [-0.3, -0.25) is 14.4 Å². The van der Waals surface area contributed by atoms with E-state index in [4.69, 9.17) is 9.52 Å². The van der Waals surface area contributed by atoms with Crippen molar-refractivity contribution in [3.05, 3.63) is 23.5 Å². The van der Waals surface area contributed by atoms with Crippen LogP contribution in [0.25, 0.3) is 6.08 Å². The van der Waals surface area contributed by atoms with Crippen LogP contribution in [0.15, 0.2) is 27.2 Å². The summed E-state index contributed by atoms with van der Waals surface area (Å²) in [5.41, 5.74) is 0.325. The lowest BCUT2D eigenvalue weighted by molar-refractivity contribution is -0.143. The Morgan fingerprint density at radius 2 is 1.93 bits per heavy atom. The molecule has 0 atom stereocenters. The van der Waals surface area contributed by atoms with Crippen LogP contribution in [0.4, 0.5) is 5.88 Å². The summed E-state index contributed by atoms with van der Waals surface area (Å²) in [5.74, 6) is -0.718. The highest BCUT2D eigenvalue weighted by Crippen LogP contribution is 2.32. The molecular formula is C19H23N3O5. The lowest BCUT2D eigenvalue weighted by atomic mass is 9.86. The van der Waals surface area contributed by atoms with E-state index < -0.39 is 5.97 Å². The predicted octanol–water partition coefficient (Wildman–Crippen LogP) is 2.16. The number of carboxylic acids is 1. The van der Waals surface area contributed by atoms with Crippen LogP contribution >= 0.6 is 0 Å². The first kappa shape index (κ1) is 18.9. The fraction of sp³-hybridized carbons (Fsp3) is 0.474. The number of amides is 1. The van der Waals surface area contributed by atoms with Gasteiger partial charge in [0.15, 0.2) is 11.7 Å². The minimum absolute atomic E-state index is 0.114. The van der Waals surface area contributed by atoms with E-state index in [-0.39, 0.29) is 34.9 Å². The average Bonchev–Trinajstić information content (AvgIpc) is 3.21. The molecule has 8 heteroatoms. The minimum Gasteiger partial charge on any atom is -0.481 e. The number of hydrazone groups is 1. The van der Waals surface area contributed by atoms with E-state index in [1.54, 1.807) is 23.1 Å². The second-order valence-electron chi connectivity index (χ2n) is 7.13. The number of furan rings is 1. The van der Waals surface area contributed by atoms with Gasteiger partial charge in [0.1, 0.15) is 11.5 Å². The summed E-state index contributed by atoms with van der Waals surface area (Å²) in [7, 11) is 3.68. The number of hydrogen-bond donors (Lipinski definition) is 1. The Labute approximate surface area is 157 Å². The molecule has 144 valence electrons.